The molecule has 0 amide bonds. The van der Waals surface area contributed by atoms with Crippen LogP contribution in [0.1, 0.15) is 5.56 Å². The van der Waals surface area contributed by atoms with Gasteiger partial charge in [0.05, 0.1) is 15.9 Å². The topological polar surface area (TPSA) is 17.8 Å². The van der Waals surface area contributed by atoms with Gasteiger partial charge in [0.25, 0.3) is 0 Å². The normalized spacial score (nSPS) is 11.2. The first-order valence-corrected chi connectivity index (χ1v) is 8.40. The second kappa shape index (κ2) is 5.80. The Bertz CT molecular complexity index is 959. The van der Waals surface area contributed by atoms with E-state index in [0.717, 1.165) is 27.3 Å². The smallest absolute Gasteiger partial charge is 0.151 e. The number of fused-ring (bicyclic) bond motifs is 1. The zero-order valence-corrected chi connectivity index (χ0v) is 13.6. The third-order valence-electron chi connectivity index (χ3n) is 3.71. The Morgan fingerprint density at radius 3 is 2.65 bits per heavy atom. The Kier molecular flexibility index (Phi) is 3.63. The summed E-state index contributed by atoms with van der Waals surface area (Å²) in [6, 6.07) is 16.3. The number of aromatic nitrogens is 2. The molecule has 0 spiro atoms. The third-order valence-corrected chi connectivity index (χ3v) is 4.81. The van der Waals surface area contributed by atoms with Gasteiger partial charge < -0.3 is 4.57 Å². The van der Waals surface area contributed by atoms with Gasteiger partial charge in [-0.3, -0.25) is 0 Å². The zero-order valence-electron chi connectivity index (χ0n) is 12.0. The molecule has 0 unspecified atom stereocenters. The fourth-order valence-corrected chi connectivity index (χ4v) is 3.52. The Morgan fingerprint density at radius 1 is 1.09 bits per heavy atom. The molecule has 2 aromatic heterocycles. The van der Waals surface area contributed by atoms with Crippen LogP contribution >= 0.6 is 22.9 Å². The van der Waals surface area contributed by atoms with Gasteiger partial charge in [0.15, 0.2) is 5.82 Å². The molecule has 0 aliphatic heterocycles. The summed E-state index contributed by atoms with van der Waals surface area (Å²) in [6.07, 6.45) is 0. The highest BCUT2D eigenvalue weighted by molar-refractivity contribution is 7.13. The number of benzene rings is 2. The van der Waals surface area contributed by atoms with Crippen LogP contribution in [0.4, 0.5) is 4.39 Å². The summed E-state index contributed by atoms with van der Waals surface area (Å²) in [4.78, 5) is 5.84. The molecular weight excluding hydrogens is 331 g/mol. The van der Waals surface area contributed by atoms with Crippen LogP contribution in [0, 0.1) is 5.82 Å². The summed E-state index contributed by atoms with van der Waals surface area (Å²) in [5, 5.41) is 2.70. The molecule has 0 aliphatic carbocycles. The van der Waals surface area contributed by atoms with Gasteiger partial charge in [-0.2, -0.15) is 0 Å². The molecule has 0 bridgehead atoms. The summed E-state index contributed by atoms with van der Waals surface area (Å²) in [6.45, 7) is 0.631. The molecule has 23 heavy (non-hydrogen) atoms. The van der Waals surface area contributed by atoms with E-state index < -0.39 is 0 Å². The van der Waals surface area contributed by atoms with Crippen molar-refractivity contribution in [3.05, 3.63) is 76.4 Å². The van der Waals surface area contributed by atoms with Crippen LogP contribution in [0.5, 0.6) is 0 Å². The van der Waals surface area contributed by atoms with Crippen molar-refractivity contribution in [2.45, 2.75) is 6.54 Å². The molecule has 0 N–H and O–H groups in total. The number of imidazole rings is 1. The van der Waals surface area contributed by atoms with E-state index in [4.69, 9.17) is 16.6 Å². The number of halogens is 2. The molecule has 0 radical (unpaired) electrons. The Hall–Kier alpha value is -2.17. The van der Waals surface area contributed by atoms with Gasteiger partial charge in [0, 0.05) is 11.6 Å². The van der Waals surface area contributed by atoms with Gasteiger partial charge in [0.1, 0.15) is 5.82 Å². The van der Waals surface area contributed by atoms with E-state index in [1.807, 2.05) is 29.6 Å². The number of nitrogens with zero attached hydrogens (tertiary/aromatic N) is 2. The summed E-state index contributed by atoms with van der Waals surface area (Å²) >= 11 is 7.74. The molecular formula is C18H12ClFN2S. The van der Waals surface area contributed by atoms with Gasteiger partial charge in [-0.1, -0.05) is 29.8 Å². The number of rotatable bonds is 3. The van der Waals surface area contributed by atoms with Crippen molar-refractivity contribution in [3.63, 3.8) is 0 Å². The highest BCUT2D eigenvalue weighted by Gasteiger charge is 2.14. The molecule has 0 saturated heterocycles. The summed E-state index contributed by atoms with van der Waals surface area (Å²) in [5.74, 6) is 0.677. The molecule has 114 valence electrons. The standard InChI is InChI=1S/C18H12ClFN2S/c19-13-5-8-16-15(10-13)21-18(17-2-1-9-23-17)22(16)11-12-3-6-14(20)7-4-12/h1-10H,11H2. The molecule has 2 heterocycles. The first kappa shape index (κ1) is 14.4. The lowest BCUT2D eigenvalue weighted by molar-refractivity contribution is 0.626. The van der Waals surface area contributed by atoms with E-state index >= 15 is 0 Å². The summed E-state index contributed by atoms with van der Waals surface area (Å²) < 4.78 is 15.3. The second-order valence-corrected chi connectivity index (χ2v) is 6.64. The minimum absolute atomic E-state index is 0.227. The molecule has 2 aromatic carbocycles. The molecule has 4 rings (SSSR count). The minimum Gasteiger partial charge on any atom is -0.319 e. The number of hydrogen-bond acceptors (Lipinski definition) is 2. The fraction of sp³-hybridized carbons (Fsp3) is 0.0556. The maximum atomic E-state index is 13.1. The summed E-state index contributed by atoms with van der Waals surface area (Å²) in [7, 11) is 0. The predicted octanol–water partition coefficient (Wildman–Crippen LogP) is 5.61. The van der Waals surface area contributed by atoms with Crippen molar-refractivity contribution in [1.29, 1.82) is 0 Å². The first-order valence-electron chi connectivity index (χ1n) is 7.15. The highest BCUT2D eigenvalue weighted by Crippen LogP contribution is 2.30. The van der Waals surface area contributed by atoms with Crippen molar-refractivity contribution in [2.75, 3.05) is 0 Å². The van der Waals surface area contributed by atoms with Crippen LogP contribution in [0.3, 0.4) is 0 Å². The van der Waals surface area contributed by atoms with Gasteiger partial charge in [-0.05, 0) is 47.3 Å². The minimum atomic E-state index is -0.227. The first-order chi connectivity index (χ1) is 11.2. The van der Waals surface area contributed by atoms with E-state index in [1.54, 1.807) is 23.5 Å². The average molecular weight is 343 g/mol. The zero-order chi connectivity index (χ0) is 15.8. The van der Waals surface area contributed by atoms with E-state index in [0.29, 0.717) is 11.6 Å². The number of hydrogen-bond donors (Lipinski definition) is 0. The SMILES string of the molecule is Fc1ccc(Cn2c(-c3cccs3)nc3cc(Cl)ccc32)cc1. The van der Waals surface area contributed by atoms with Crippen LogP contribution in [0.15, 0.2) is 60.0 Å². The van der Waals surface area contributed by atoms with Crippen molar-refractivity contribution in [2.24, 2.45) is 0 Å². The Morgan fingerprint density at radius 2 is 1.91 bits per heavy atom. The van der Waals surface area contributed by atoms with Crippen molar-refractivity contribution < 1.29 is 4.39 Å². The van der Waals surface area contributed by atoms with Gasteiger partial charge in [-0.15, -0.1) is 11.3 Å². The molecule has 0 saturated carbocycles. The lowest BCUT2D eigenvalue weighted by Gasteiger charge is -2.08. The molecule has 4 aromatic rings. The summed E-state index contributed by atoms with van der Waals surface area (Å²) in [5.41, 5.74) is 2.91. The molecule has 0 aliphatic rings. The van der Waals surface area contributed by atoms with Gasteiger partial charge in [-0.25, -0.2) is 9.37 Å². The van der Waals surface area contributed by atoms with Crippen LogP contribution in [-0.2, 0) is 6.54 Å². The lowest BCUT2D eigenvalue weighted by Crippen LogP contribution is -2.01. The van der Waals surface area contributed by atoms with Crippen LogP contribution in [0.25, 0.3) is 21.7 Å². The maximum Gasteiger partial charge on any atom is 0.151 e. The number of thiophene rings is 1. The van der Waals surface area contributed by atoms with E-state index in [1.165, 1.54) is 12.1 Å². The Balaban J connectivity index is 1.88. The molecule has 0 atom stereocenters. The van der Waals surface area contributed by atoms with Gasteiger partial charge >= 0.3 is 0 Å². The second-order valence-electron chi connectivity index (χ2n) is 5.26. The van der Waals surface area contributed by atoms with Crippen LogP contribution < -0.4 is 0 Å². The van der Waals surface area contributed by atoms with E-state index in [-0.39, 0.29) is 5.82 Å². The quantitative estimate of drug-likeness (QED) is 0.473. The fourth-order valence-electron chi connectivity index (χ4n) is 2.63. The maximum absolute atomic E-state index is 13.1. The molecule has 2 nitrogen and oxygen atoms in total. The average Bonchev–Trinajstić information content (AvgIpc) is 3.17. The monoisotopic (exact) mass is 342 g/mol. The lowest BCUT2D eigenvalue weighted by atomic mass is 10.2. The largest absolute Gasteiger partial charge is 0.319 e. The van der Waals surface area contributed by atoms with Crippen molar-refractivity contribution in [3.8, 4) is 10.7 Å². The van der Waals surface area contributed by atoms with Crippen LogP contribution in [0.2, 0.25) is 5.02 Å². The van der Waals surface area contributed by atoms with Gasteiger partial charge in [0.2, 0.25) is 0 Å². The van der Waals surface area contributed by atoms with Crippen molar-refractivity contribution >= 4 is 34.0 Å². The van der Waals surface area contributed by atoms with Crippen molar-refractivity contribution in [1.82, 2.24) is 9.55 Å². The molecule has 5 heteroatoms. The predicted molar refractivity (Wildman–Crippen MR) is 93.6 cm³/mol. The molecule has 0 fully saturated rings. The Labute approximate surface area is 141 Å². The third kappa shape index (κ3) is 2.76. The van der Waals surface area contributed by atoms with E-state index in [2.05, 4.69) is 10.6 Å². The van der Waals surface area contributed by atoms with Crippen LogP contribution in [-0.4, -0.2) is 9.55 Å². The van der Waals surface area contributed by atoms with E-state index in [9.17, 15) is 4.39 Å². The highest BCUT2D eigenvalue weighted by atomic mass is 35.5.